The number of nitrogens with one attached hydrogen (secondary N) is 1. The van der Waals surface area contributed by atoms with E-state index in [2.05, 4.69) is 12.2 Å². The number of hydrogen-bond acceptors (Lipinski definition) is 2. The molecule has 0 radical (unpaired) electrons. The van der Waals surface area contributed by atoms with Gasteiger partial charge in [-0.2, -0.15) is 0 Å². The van der Waals surface area contributed by atoms with E-state index >= 15 is 0 Å². The highest BCUT2D eigenvalue weighted by Crippen LogP contribution is 2.14. The topological polar surface area (TPSA) is 49.4 Å². The van der Waals surface area contributed by atoms with Gasteiger partial charge in [0.15, 0.2) is 0 Å². The van der Waals surface area contributed by atoms with Crippen LogP contribution >= 0.6 is 0 Å². The normalized spacial score (nSPS) is 18.3. The molecule has 1 aromatic carbocycles. The van der Waals surface area contributed by atoms with Crippen molar-refractivity contribution in [3.63, 3.8) is 0 Å². The SMILES string of the molecule is CCCCC(=O)NC1CCCN(C(=O)c2ccccc2)C1. The molecule has 1 atom stereocenters. The molecule has 114 valence electrons. The number of rotatable bonds is 5. The molecule has 1 heterocycles. The lowest BCUT2D eigenvalue weighted by atomic mass is 10.0. The van der Waals surface area contributed by atoms with Crippen molar-refractivity contribution in [2.75, 3.05) is 13.1 Å². The van der Waals surface area contributed by atoms with Crippen molar-refractivity contribution < 1.29 is 9.59 Å². The maximum absolute atomic E-state index is 12.4. The van der Waals surface area contributed by atoms with Crippen molar-refractivity contribution in [2.45, 2.75) is 45.1 Å². The minimum atomic E-state index is 0.0584. The number of carbonyl (C=O) groups is 2. The van der Waals surface area contributed by atoms with E-state index < -0.39 is 0 Å². The van der Waals surface area contributed by atoms with E-state index in [1.807, 2.05) is 35.2 Å². The Morgan fingerprint density at radius 2 is 2.05 bits per heavy atom. The number of piperidine rings is 1. The lowest BCUT2D eigenvalue weighted by Crippen LogP contribution is -2.49. The smallest absolute Gasteiger partial charge is 0.253 e. The summed E-state index contributed by atoms with van der Waals surface area (Å²) in [5.41, 5.74) is 0.718. The molecule has 0 aliphatic carbocycles. The monoisotopic (exact) mass is 288 g/mol. The molecule has 2 amide bonds. The first-order chi connectivity index (χ1) is 10.2. The Morgan fingerprint density at radius 3 is 2.76 bits per heavy atom. The number of likely N-dealkylation sites (tertiary alicyclic amines) is 1. The minimum absolute atomic E-state index is 0.0584. The molecule has 21 heavy (non-hydrogen) atoms. The molecule has 1 aliphatic heterocycles. The number of amides is 2. The van der Waals surface area contributed by atoms with Gasteiger partial charge >= 0.3 is 0 Å². The maximum Gasteiger partial charge on any atom is 0.253 e. The van der Waals surface area contributed by atoms with Crippen molar-refractivity contribution in [3.8, 4) is 0 Å². The summed E-state index contributed by atoms with van der Waals surface area (Å²) >= 11 is 0. The largest absolute Gasteiger partial charge is 0.352 e. The van der Waals surface area contributed by atoms with Gasteiger partial charge < -0.3 is 10.2 Å². The van der Waals surface area contributed by atoms with Crippen LogP contribution in [0.25, 0.3) is 0 Å². The van der Waals surface area contributed by atoms with Crippen LogP contribution in [-0.2, 0) is 4.79 Å². The molecule has 1 saturated heterocycles. The second kappa shape index (κ2) is 7.81. The highest BCUT2D eigenvalue weighted by Gasteiger charge is 2.25. The summed E-state index contributed by atoms with van der Waals surface area (Å²) in [4.78, 5) is 26.1. The van der Waals surface area contributed by atoms with Crippen molar-refractivity contribution in [1.82, 2.24) is 10.2 Å². The van der Waals surface area contributed by atoms with Gasteiger partial charge in [0.05, 0.1) is 0 Å². The molecule has 0 spiro atoms. The highest BCUT2D eigenvalue weighted by molar-refractivity contribution is 5.94. The third-order valence-electron chi connectivity index (χ3n) is 3.85. The predicted molar refractivity (Wildman–Crippen MR) is 83.0 cm³/mol. The molecule has 2 rings (SSSR count). The van der Waals surface area contributed by atoms with Gasteiger partial charge in [-0.25, -0.2) is 0 Å². The minimum Gasteiger partial charge on any atom is -0.352 e. The van der Waals surface area contributed by atoms with Gasteiger partial charge in [-0.15, -0.1) is 0 Å². The van der Waals surface area contributed by atoms with E-state index in [1.165, 1.54) is 0 Å². The van der Waals surface area contributed by atoms with Gasteiger partial charge in [0.2, 0.25) is 5.91 Å². The number of carbonyl (C=O) groups excluding carboxylic acids is 2. The molecule has 1 aliphatic rings. The first-order valence-corrected chi connectivity index (χ1v) is 7.84. The molecular weight excluding hydrogens is 264 g/mol. The highest BCUT2D eigenvalue weighted by atomic mass is 16.2. The first kappa shape index (κ1) is 15.5. The molecule has 0 bridgehead atoms. The van der Waals surface area contributed by atoms with E-state index in [0.29, 0.717) is 13.0 Å². The summed E-state index contributed by atoms with van der Waals surface area (Å²) in [6, 6.07) is 9.43. The van der Waals surface area contributed by atoms with Crippen LogP contribution in [0.3, 0.4) is 0 Å². The van der Waals surface area contributed by atoms with E-state index in [-0.39, 0.29) is 17.9 Å². The van der Waals surface area contributed by atoms with Crippen LogP contribution in [0.15, 0.2) is 30.3 Å². The third kappa shape index (κ3) is 4.59. The van der Waals surface area contributed by atoms with Gasteiger partial charge in [-0.3, -0.25) is 9.59 Å². The number of unbranched alkanes of at least 4 members (excludes halogenated alkanes) is 1. The van der Waals surface area contributed by atoms with Crippen LogP contribution in [0.4, 0.5) is 0 Å². The summed E-state index contributed by atoms with van der Waals surface area (Å²) < 4.78 is 0. The fraction of sp³-hybridized carbons (Fsp3) is 0.529. The Hall–Kier alpha value is -1.84. The second-order valence-corrected chi connectivity index (χ2v) is 5.63. The first-order valence-electron chi connectivity index (χ1n) is 7.84. The summed E-state index contributed by atoms with van der Waals surface area (Å²) in [5, 5.41) is 3.06. The molecular formula is C17H24N2O2. The Balaban J connectivity index is 1.88. The fourth-order valence-electron chi connectivity index (χ4n) is 2.68. The zero-order valence-electron chi connectivity index (χ0n) is 12.7. The van der Waals surface area contributed by atoms with E-state index in [4.69, 9.17) is 0 Å². The van der Waals surface area contributed by atoms with Crippen LogP contribution in [-0.4, -0.2) is 35.8 Å². The molecule has 0 aromatic heterocycles. The van der Waals surface area contributed by atoms with Gasteiger partial charge in [0.25, 0.3) is 5.91 Å². The molecule has 1 fully saturated rings. The van der Waals surface area contributed by atoms with Crippen LogP contribution in [0, 0.1) is 0 Å². The van der Waals surface area contributed by atoms with Crippen LogP contribution in [0.5, 0.6) is 0 Å². The molecule has 4 nitrogen and oxygen atoms in total. The predicted octanol–water partition coefficient (Wildman–Crippen LogP) is 2.60. The van der Waals surface area contributed by atoms with Gasteiger partial charge in [0, 0.05) is 31.1 Å². The van der Waals surface area contributed by atoms with Crippen molar-refractivity contribution in [3.05, 3.63) is 35.9 Å². The second-order valence-electron chi connectivity index (χ2n) is 5.63. The van der Waals surface area contributed by atoms with Gasteiger partial charge in [0.1, 0.15) is 0 Å². The zero-order valence-corrected chi connectivity index (χ0v) is 12.7. The Kier molecular flexibility index (Phi) is 5.78. The average Bonchev–Trinajstić information content (AvgIpc) is 2.53. The average molecular weight is 288 g/mol. The van der Waals surface area contributed by atoms with Crippen LogP contribution in [0.2, 0.25) is 0 Å². The fourth-order valence-corrected chi connectivity index (χ4v) is 2.68. The Labute approximate surface area is 126 Å². The summed E-state index contributed by atoms with van der Waals surface area (Å²) in [5.74, 6) is 0.166. The molecule has 0 saturated carbocycles. The van der Waals surface area contributed by atoms with Crippen molar-refractivity contribution >= 4 is 11.8 Å². The molecule has 1 aromatic rings. The van der Waals surface area contributed by atoms with Gasteiger partial charge in [-0.1, -0.05) is 31.5 Å². The van der Waals surface area contributed by atoms with Crippen molar-refractivity contribution in [1.29, 1.82) is 0 Å². The van der Waals surface area contributed by atoms with E-state index in [0.717, 1.165) is 37.8 Å². The lowest BCUT2D eigenvalue weighted by molar-refractivity contribution is -0.122. The quantitative estimate of drug-likeness (QED) is 0.905. The number of nitrogens with zero attached hydrogens (tertiary/aromatic N) is 1. The van der Waals surface area contributed by atoms with E-state index in [1.54, 1.807) is 0 Å². The molecule has 1 unspecified atom stereocenters. The van der Waals surface area contributed by atoms with Gasteiger partial charge in [-0.05, 0) is 31.4 Å². The molecule has 4 heteroatoms. The third-order valence-corrected chi connectivity index (χ3v) is 3.85. The Morgan fingerprint density at radius 1 is 1.29 bits per heavy atom. The van der Waals surface area contributed by atoms with Crippen molar-refractivity contribution in [2.24, 2.45) is 0 Å². The zero-order chi connectivity index (χ0) is 15.1. The summed E-state index contributed by atoms with van der Waals surface area (Å²) in [6.45, 7) is 3.47. The summed E-state index contributed by atoms with van der Waals surface area (Å²) in [7, 11) is 0. The number of benzene rings is 1. The van der Waals surface area contributed by atoms with Crippen LogP contribution in [0.1, 0.15) is 49.4 Å². The molecule has 1 N–H and O–H groups in total. The van der Waals surface area contributed by atoms with Crippen LogP contribution < -0.4 is 5.32 Å². The standard InChI is InChI=1S/C17H24N2O2/c1-2-3-11-16(20)18-15-10-7-12-19(13-15)17(21)14-8-5-4-6-9-14/h4-6,8-9,15H,2-3,7,10-13H2,1H3,(H,18,20). The lowest BCUT2D eigenvalue weighted by Gasteiger charge is -2.33. The Bertz CT molecular complexity index is 473. The van der Waals surface area contributed by atoms with E-state index in [9.17, 15) is 9.59 Å². The number of hydrogen-bond donors (Lipinski definition) is 1. The maximum atomic E-state index is 12.4. The summed E-state index contributed by atoms with van der Waals surface area (Å²) in [6.07, 6.45) is 4.43.